The van der Waals surface area contributed by atoms with Crippen molar-refractivity contribution in [1.82, 2.24) is 4.90 Å². The number of amides is 1. The molecule has 0 N–H and O–H groups in total. The fourth-order valence-electron chi connectivity index (χ4n) is 2.58. The van der Waals surface area contributed by atoms with Gasteiger partial charge >= 0.3 is 5.63 Å². The van der Waals surface area contributed by atoms with E-state index < -0.39 is 5.63 Å². The summed E-state index contributed by atoms with van der Waals surface area (Å²) in [6.07, 6.45) is 0. The van der Waals surface area contributed by atoms with Gasteiger partial charge in [0.1, 0.15) is 11.3 Å². The first kappa shape index (κ1) is 15.8. The van der Waals surface area contributed by atoms with Gasteiger partial charge in [-0.3, -0.25) is 4.79 Å². The van der Waals surface area contributed by atoms with Crippen molar-refractivity contribution in [3.63, 3.8) is 0 Å². The van der Waals surface area contributed by atoms with E-state index in [0.717, 1.165) is 5.56 Å². The van der Waals surface area contributed by atoms with Gasteiger partial charge in [-0.1, -0.05) is 30.3 Å². The molecular formula is C19H17NO4. The smallest absolute Gasteiger partial charge is 0.337 e. The van der Waals surface area contributed by atoms with Crippen LogP contribution in [0.3, 0.4) is 0 Å². The van der Waals surface area contributed by atoms with E-state index in [-0.39, 0.29) is 5.91 Å². The normalized spacial score (nSPS) is 10.6. The molecule has 122 valence electrons. The quantitative estimate of drug-likeness (QED) is 0.692. The summed E-state index contributed by atoms with van der Waals surface area (Å²) in [5, 5.41) is 0.584. The van der Waals surface area contributed by atoms with E-state index >= 15 is 0 Å². The molecule has 0 saturated heterocycles. The maximum atomic E-state index is 12.8. The summed E-state index contributed by atoms with van der Waals surface area (Å²) in [6, 6.07) is 16.0. The third-order valence-electron chi connectivity index (χ3n) is 3.79. The van der Waals surface area contributed by atoms with Gasteiger partial charge in [0, 0.05) is 31.1 Å². The largest absolute Gasteiger partial charge is 0.497 e. The number of rotatable bonds is 4. The van der Waals surface area contributed by atoms with Crippen LogP contribution in [0.15, 0.2) is 63.8 Å². The van der Waals surface area contributed by atoms with Crippen molar-refractivity contribution in [3.05, 3.63) is 76.1 Å². The molecule has 0 unspecified atom stereocenters. The Hall–Kier alpha value is -3.08. The maximum Gasteiger partial charge on any atom is 0.337 e. The Morgan fingerprint density at radius 2 is 1.88 bits per heavy atom. The molecule has 0 atom stereocenters. The van der Waals surface area contributed by atoms with E-state index in [1.54, 1.807) is 30.1 Å². The van der Waals surface area contributed by atoms with Gasteiger partial charge in [-0.2, -0.15) is 0 Å². The van der Waals surface area contributed by atoms with Crippen molar-refractivity contribution in [2.45, 2.75) is 6.54 Å². The number of fused-ring (bicyclic) bond motifs is 1. The van der Waals surface area contributed by atoms with Gasteiger partial charge in [0.2, 0.25) is 0 Å². The van der Waals surface area contributed by atoms with Crippen LogP contribution in [0, 0.1) is 0 Å². The number of nitrogens with zero attached hydrogens (tertiary/aromatic N) is 1. The number of hydrogen-bond acceptors (Lipinski definition) is 4. The van der Waals surface area contributed by atoms with Crippen LogP contribution in [0.1, 0.15) is 15.9 Å². The Kier molecular flexibility index (Phi) is 4.33. The van der Waals surface area contributed by atoms with Crippen molar-refractivity contribution < 1.29 is 13.9 Å². The number of hydrogen-bond donors (Lipinski definition) is 0. The van der Waals surface area contributed by atoms with Crippen LogP contribution < -0.4 is 10.4 Å². The SMILES string of the molecule is COc1ccc2c(C(=O)N(C)Cc3ccccc3)cc(=O)oc2c1. The monoisotopic (exact) mass is 323 g/mol. The second-order valence-electron chi connectivity index (χ2n) is 5.49. The Morgan fingerprint density at radius 1 is 1.12 bits per heavy atom. The van der Waals surface area contributed by atoms with Gasteiger partial charge in [-0.15, -0.1) is 0 Å². The number of carbonyl (C=O) groups excluding carboxylic acids is 1. The molecule has 0 saturated carbocycles. The lowest BCUT2D eigenvalue weighted by Crippen LogP contribution is -2.27. The minimum atomic E-state index is -0.563. The van der Waals surface area contributed by atoms with Crippen molar-refractivity contribution in [2.75, 3.05) is 14.2 Å². The zero-order valence-electron chi connectivity index (χ0n) is 13.5. The third kappa shape index (κ3) is 3.15. The summed E-state index contributed by atoms with van der Waals surface area (Å²) in [4.78, 5) is 26.2. The van der Waals surface area contributed by atoms with E-state index in [1.807, 2.05) is 30.3 Å². The van der Waals surface area contributed by atoms with Gasteiger partial charge in [0.15, 0.2) is 0 Å². The summed E-state index contributed by atoms with van der Waals surface area (Å²) in [7, 11) is 3.24. The molecule has 1 heterocycles. The van der Waals surface area contributed by atoms with Gasteiger partial charge in [0.05, 0.1) is 12.7 Å². The van der Waals surface area contributed by atoms with Gasteiger partial charge in [0.25, 0.3) is 5.91 Å². The molecule has 0 spiro atoms. The van der Waals surface area contributed by atoms with Crippen LogP contribution in [0.25, 0.3) is 11.0 Å². The van der Waals surface area contributed by atoms with Crippen molar-refractivity contribution >= 4 is 16.9 Å². The topological polar surface area (TPSA) is 59.8 Å². The zero-order chi connectivity index (χ0) is 17.1. The fourth-order valence-corrected chi connectivity index (χ4v) is 2.58. The Labute approximate surface area is 139 Å². The molecule has 5 heteroatoms. The van der Waals surface area contributed by atoms with Crippen molar-refractivity contribution in [3.8, 4) is 5.75 Å². The lowest BCUT2D eigenvalue weighted by Gasteiger charge is -2.18. The summed E-state index contributed by atoms with van der Waals surface area (Å²) in [5.41, 5.74) is 1.11. The predicted octanol–water partition coefficient (Wildman–Crippen LogP) is 3.07. The van der Waals surface area contributed by atoms with Crippen LogP contribution >= 0.6 is 0 Å². The van der Waals surface area contributed by atoms with E-state index in [9.17, 15) is 9.59 Å². The average Bonchev–Trinajstić information content (AvgIpc) is 2.60. The molecule has 3 rings (SSSR count). The first-order valence-electron chi connectivity index (χ1n) is 7.50. The van der Waals surface area contributed by atoms with E-state index in [2.05, 4.69) is 0 Å². The molecule has 0 aliphatic carbocycles. The highest BCUT2D eigenvalue weighted by Crippen LogP contribution is 2.23. The van der Waals surface area contributed by atoms with Gasteiger partial charge in [-0.25, -0.2) is 4.79 Å². The summed E-state index contributed by atoms with van der Waals surface area (Å²) in [5.74, 6) is 0.329. The minimum absolute atomic E-state index is 0.234. The molecule has 3 aromatic rings. The van der Waals surface area contributed by atoms with Crippen LogP contribution in [-0.2, 0) is 6.54 Å². The highest BCUT2D eigenvalue weighted by molar-refractivity contribution is 6.05. The zero-order valence-corrected chi connectivity index (χ0v) is 13.5. The number of carbonyl (C=O) groups is 1. The maximum absolute atomic E-state index is 12.8. The lowest BCUT2D eigenvalue weighted by atomic mass is 10.1. The molecule has 24 heavy (non-hydrogen) atoms. The number of benzene rings is 2. The van der Waals surface area contributed by atoms with E-state index in [0.29, 0.717) is 28.8 Å². The molecular weight excluding hydrogens is 306 g/mol. The second kappa shape index (κ2) is 6.58. The predicted molar refractivity (Wildman–Crippen MR) is 91.3 cm³/mol. The standard InChI is InChI=1S/C19H17NO4/c1-20(12-13-6-4-3-5-7-13)19(22)16-11-18(21)24-17-10-14(23-2)8-9-15(16)17/h3-11H,12H2,1-2H3. The van der Waals surface area contributed by atoms with Crippen LogP contribution in [0.5, 0.6) is 5.75 Å². The van der Waals surface area contributed by atoms with Crippen LogP contribution in [-0.4, -0.2) is 25.0 Å². The first-order valence-corrected chi connectivity index (χ1v) is 7.50. The summed E-state index contributed by atoms with van der Waals surface area (Å²) in [6.45, 7) is 0.456. The molecule has 0 aliphatic heterocycles. The van der Waals surface area contributed by atoms with Gasteiger partial charge < -0.3 is 14.1 Å². The van der Waals surface area contributed by atoms with Crippen molar-refractivity contribution in [2.24, 2.45) is 0 Å². The van der Waals surface area contributed by atoms with Crippen LogP contribution in [0.4, 0.5) is 0 Å². The van der Waals surface area contributed by atoms with E-state index in [1.165, 1.54) is 13.2 Å². The molecule has 0 radical (unpaired) electrons. The van der Waals surface area contributed by atoms with Crippen LogP contribution in [0.2, 0.25) is 0 Å². The fraction of sp³-hybridized carbons (Fsp3) is 0.158. The third-order valence-corrected chi connectivity index (χ3v) is 3.79. The Balaban J connectivity index is 1.98. The highest BCUT2D eigenvalue weighted by atomic mass is 16.5. The Bertz CT molecular complexity index is 931. The van der Waals surface area contributed by atoms with E-state index in [4.69, 9.17) is 9.15 Å². The first-order chi connectivity index (χ1) is 11.6. The Morgan fingerprint density at radius 3 is 2.58 bits per heavy atom. The summed E-state index contributed by atoms with van der Waals surface area (Å²) < 4.78 is 10.3. The molecule has 2 aromatic carbocycles. The molecule has 0 fully saturated rings. The second-order valence-corrected chi connectivity index (χ2v) is 5.49. The number of ether oxygens (including phenoxy) is 1. The molecule has 1 aromatic heterocycles. The minimum Gasteiger partial charge on any atom is -0.497 e. The molecule has 5 nitrogen and oxygen atoms in total. The van der Waals surface area contributed by atoms with Crippen molar-refractivity contribution in [1.29, 1.82) is 0 Å². The summed E-state index contributed by atoms with van der Waals surface area (Å²) >= 11 is 0. The molecule has 1 amide bonds. The van der Waals surface area contributed by atoms with Gasteiger partial charge in [-0.05, 0) is 17.7 Å². The average molecular weight is 323 g/mol. The highest BCUT2D eigenvalue weighted by Gasteiger charge is 2.17. The molecule has 0 bridgehead atoms. The number of methoxy groups -OCH3 is 1. The lowest BCUT2D eigenvalue weighted by molar-refractivity contribution is 0.0786. The molecule has 0 aliphatic rings.